The molecule has 1 aromatic rings. The first-order valence-electron chi connectivity index (χ1n) is 6.68. The van der Waals surface area contributed by atoms with Crippen molar-refractivity contribution in [2.75, 3.05) is 0 Å². The fraction of sp³-hybridized carbons (Fsp3) is 0.375. The number of nitrogens with zero attached hydrogens (tertiary/aromatic N) is 1. The Kier molecular flexibility index (Phi) is 4.35. The molecule has 2 rings (SSSR count). The van der Waals surface area contributed by atoms with Crippen LogP contribution in [0.4, 0.5) is 0 Å². The van der Waals surface area contributed by atoms with E-state index in [1.807, 2.05) is 37.3 Å². The van der Waals surface area contributed by atoms with E-state index in [1.165, 1.54) is 0 Å². The number of benzene rings is 1. The van der Waals surface area contributed by atoms with Crippen molar-refractivity contribution in [3.8, 4) is 6.07 Å². The minimum absolute atomic E-state index is 0.178. The van der Waals surface area contributed by atoms with Crippen LogP contribution in [0.15, 0.2) is 29.8 Å². The van der Waals surface area contributed by atoms with Crippen molar-refractivity contribution in [2.24, 2.45) is 0 Å². The van der Waals surface area contributed by atoms with Crippen molar-refractivity contribution in [2.45, 2.75) is 38.6 Å². The van der Waals surface area contributed by atoms with E-state index in [1.54, 1.807) is 6.08 Å². The molecule has 0 heterocycles. The molecule has 0 spiro atoms. The van der Waals surface area contributed by atoms with Gasteiger partial charge in [0.25, 0.3) is 5.91 Å². The molecular formula is C16H18N2O. The van der Waals surface area contributed by atoms with Gasteiger partial charge in [-0.2, -0.15) is 5.26 Å². The summed E-state index contributed by atoms with van der Waals surface area (Å²) in [5, 5.41) is 12.1. The molecular weight excluding hydrogens is 236 g/mol. The Morgan fingerprint density at radius 2 is 2.16 bits per heavy atom. The number of hydrogen-bond acceptors (Lipinski definition) is 2. The van der Waals surface area contributed by atoms with Gasteiger partial charge in [0.1, 0.15) is 11.6 Å². The van der Waals surface area contributed by atoms with Crippen LogP contribution in [0.3, 0.4) is 0 Å². The third-order valence-electron chi connectivity index (χ3n) is 3.41. The maximum absolute atomic E-state index is 12.0. The lowest BCUT2D eigenvalue weighted by Crippen LogP contribution is -2.33. The Morgan fingerprint density at radius 3 is 2.79 bits per heavy atom. The van der Waals surface area contributed by atoms with E-state index in [0.717, 1.165) is 36.8 Å². The summed E-state index contributed by atoms with van der Waals surface area (Å²) < 4.78 is 0. The van der Waals surface area contributed by atoms with Gasteiger partial charge in [0.05, 0.1) is 0 Å². The molecule has 1 aliphatic carbocycles. The van der Waals surface area contributed by atoms with Crippen LogP contribution < -0.4 is 5.32 Å². The minimum Gasteiger partial charge on any atom is -0.349 e. The summed E-state index contributed by atoms with van der Waals surface area (Å²) in [5.41, 5.74) is 2.18. The number of carbonyl (C=O) groups excluding carboxylic acids is 1. The van der Waals surface area contributed by atoms with E-state index in [2.05, 4.69) is 5.32 Å². The smallest absolute Gasteiger partial charge is 0.262 e. The van der Waals surface area contributed by atoms with Crippen LogP contribution in [-0.2, 0) is 4.79 Å². The van der Waals surface area contributed by atoms with Crippen molar-refractivity contribution in [1.29, 1.82) is 5.26 Å². The van der Waals surface area contributed by atoms with E-state index in [0.29, 0.717) is 0 Å². The zero-order valence-corrected chi connectivity index (χ0v) is 11.1. The SMILES string of the molecule is Cc1cccc(/C=C(\C#N)C(=O)NC2CCCC2)c1. The summed E-state index contributed by atoms with van der Waals surface area (Å²) in [5.74, 6) is -0.254. The quantitative estimate of drug-likeness (QED) is 0.666. The van der Waals surface area contributed by atoms with Crippen LogP contribution in [0, 0.1) is 18.3 Å². The Balaban J connectivity index is 2.10. The van der Waals surface area contributed by atoms with Crippen molar-refractivity contribution in [3.05, 3.63) is 41.0 Å². The lowest BCUT2D eigenvalue weighted by molar-refractivity contribution is -0.117. The molecule has 0 aromatic heterocycles. The highest BCUT2D eigenvalue weighted by atomic mass is 16.1. The molecule has 0 aliphatic heterocycles. The second-order valence-corrected chi connectivity index (χ2v) is 5.04. The van der Waals surface area contributed by atoms with Gasteiger partial charge in [-0.25, -0.2) is 0 Å². The number of nitrogens with one attached hydrogen (secondary N) is 1. The summed E-state index contributed by atoms with van der Waals surface area (Å²) in [6.45, 7) is 1.99. The summed E-state index contributed by atoms with van der Waals surface area (Å²) in [4.78, 5) is 12.0. The predicted octanol–water partition coefficient (Wildman–Crippen LogP) is 2.96. The molecule has 1 N–H and O–H groups in total. The van der Waals surface area contributed by atoms with E-state index < -0.39 is 0 Å². The van der Waals surface area contributed by atoms with E-state index >= 15 is 0 Å². The molecule has 0 radical (unpaired) electrons. The second-order valence-electron chi connectivity index (χ2n) is 5.04. The molecule has 1 aliphatic rings. The highest BCUT2D eigenvalue weighted by Gasteiger charge is 2.19. The predicted molar refractivity (Wildman–Crippen MR) is 75.2 cm³/mol. The van der Waals surface area contributed by atoms with Crippen molar-refractivity contribution >= 4 is 12.0 Å². The van der Waals surface area contributed by atoms with Crippen LogP contribution in [-0.4, -0.2) is 11.9 Å². The van der Waals surface area contributed by atoms with Gasteiger partial charge in [0.15, 0.2) is 0 Å². The largest absolute Gasteiger partial charge is 0.349 e. The Labute approximate surface area is 113 Å². The number of nitriles is 1. The zero-order valence-electron chi connectivity index (χ0n) is 11.1. The number of aryl methyl sites for hydroxylation is 1. The average Bonchev–Trinajstić information content (AvgIpc) is 2.88. The molecule has 1 aromatic carbocycles. The minimum atomic E-state index is -0.254. The van der Waals surface area contributed by atoms with E-state index in [4.69, 9.17) is 5.26 Å². The normalized spacial score (nSPS) is 16.1. The highest BCUT2D eigenvalue weighted by molar-refractivity contribution is 6.01. The van der Waals surface area contributed by atoms with Crippen molar-refractivity contribution in [3.63, 3.8) is 0 Å². The third-order valence-corrected chi connectivity index (χ3v) is 3.41. The van der Waals surface area contributed by atoms with Crippen molar-refractivity contribution in [1.82, 2.24) is 5.32 Å². The topological polar surface area (TPSA) is 52.9 Å². The van der Waals surface area contributed by atoms with Crippen LogP contribution in [0.5, 0.6) is 0 Å². The fourth-order valence-electron chi connectivity index (χ4n) is 2.41. The van der Waals surface area contributed by atoms with Crippen LogP contribution in [0.25, 0.3) is 6.08 Å². The first-order valence-corrected chi connectivity index (χ1v) is 6.68. The third kappa shape index (κ3) is 3.69. The summed E-state index contributed by atoms with van der Waals surface area (Å²) in [7, 11) is 0. The van der Waals surface area contributed by atoms with Gasteiger partial charge in [0.2, 0.25) is 0 Å². The lowest BCUT2D eigenvalue weighted by Gasteiger charge is -2.10. The lowest BCUT2D eigenvalue weighted by atomic mass is 10.1. The van der Waals surface area contributed by atoms with Crippen molar-refractivity contribution < 1.29 is 4.79 Å². The Morgan fingerprint density at radius 1 is 1.42 bits per heavy atom. The average molecular weight is 254 g/mol. The number of amides is 1. The zero-order chi connectivity index (χ0) is 13.7. The van der Waals surface area contributed by atoms with Crippen LogP contribution >= 0.6 is 0 Å². The van der Waals surface area contributed by atoms with Gasteiger partial charge in [-0.3, -0.25) is 4.79 Å². The van der Waals surface area contributed by atoms with Crippen LogP contribution in [0.1, 0.15) is 36.8 Å². The monoisotopic (exact) mass is 254 g/mol. The maximum atomic E-state index is 12.0. The molecule has 3 heteroatoms. The summed E-state index contributed by atoms with van der Waals surface area (Å²) in [6.07, 6.45) is 6.02. The van der Waals surface area contributed by atoms with Gasteiger partial charge in [0, 0.05) is 6.04 Å². The maximum Gasteiger partial charge on any atom is 0.262 e. The summed E-state index contributed by atoms with van der Waals surface area (Å²) >= 11 is 0. The Hall–Kier alpha value is -2.08. The molecule has 98 valence electrons. The first kappa shape index (κ1) is 13.4. The number of hydrogen-bond donors (Lipinski definition) is 1. The van der Waals surface area contributed by atoms with E-state index in [9.17, 15) is 4.79 Å². The van der Waals surface area contributed by atoms with Gasteiger partial charge < -0.3 is 5.32 Å². The molecule has 0 unspecified atom stereocenters. The molecule has 19 heavy (non-hydrogen) atoms. The fourth-order valence-corrected chi connectivity index (χ4v) is 2.41. The second kappa shape index (κ2) is 6.19. The number of rotatable bonds is 3. The van der Waals surface area contributed by atoms with E-state index in [-0.39, 0.29) is 17.5 Å². The molecule has 0 saturated heterocycles. The molecule has 0 bridgehead atoms. The Bertz CT molecular complexity index is 534. The molecule has 3 nitrogen and oxygen atoms in total. The van der Waals surface area contributed by atoms with Gasteiger partial charge in [-0.1, -0.05) is 42.7 Å². The number of carbonyl (C=O) groups is 1. The molecule has 0 atom stereocenters. The highest BCUT2D eigenvalue weighted by Crippen LogP contribution is 2.18. The van der Waals surface area contributed by atoms with Gasteiger partial charge in [-0.05, 0) is 31.4 Å². The van der Waals surface area contributed by atoms with Crippen LogP contribution in [0.2, 0.25) is 0 Å². The first-order chi connectivity index (χ1) is 9.19. The molecule has 1 saturated carbocycles. The standard InChI is InChI=1S/C16H18N2O/c1-12-5-4-6-13(9-12)10-14(11-17)16(19)18-15-7-2-3-8-15/h4-6,9-10,15H,2-3,7-8H2,1H3,(H,18,19)/b14-10+. The van der Waals surface area contributed by atoms with Gasteiger partial charge in [-0.15, -0.1) is 0 Å². The molecule has 1 amide bonds. The molecule has 1 fully saturated rings. The van der Waals surface area contributed by atoms with Gasteiger partial charge >= 0.3 is 0 Å². The summed E-state index contributed by atoms with van der Waals surface area (Å²) in [6, 6.07) is 9.99.